The Kier molecular flexibility index (Phi) is 5.10. The van der Waals surface area contributed by atoms with E-state index in [0.717, 1.165) is 10.2 Å². The largest absolute Gasteiger partial charge is 0.369 e. The Balaban J connectivity index is 1.71. The van der Waals surface area contributed by atoms with Crippen molar-refractivity contribution in [1.82, 2.24) is 4.98 Å². The van der Waals surface area contributed by atoms with Crippen LogP contribution in [0.15, 0.2) is 84.9 Å². The normalized spacial score (nSPS) is 11.3. The average Bonchev–Trinajstić information content (AvgIpc) is 3.15. The number of hydrogen-bond acceptors (Lipinski definition) is 4. The fourth-order valence-corrected chi connectivity index (χ4v) is 4.40. The number of primary amides is 1. The first-order chi connectivity index (χ1) is 14.1. The number of nitrogens with one attached hydrogen (secondary N) is 1. The molecule has 0 aliphatic rings. The first-order valence-corrected chi connectivity index (χ1v) is 9.97. The Hall–Kier alpha value is -3.51. The molecule has 3 N–H and O–H groups in total. The molecule has 0 atom stereocenters. The van der Waals surface area contributed by atoms with Crippen molar-refractivity contribution in [3.63, 3.8) is 0 Å². The van der Waals surface area contributed by atoms with E-state index in [-0.39, 0.29) is 12.3 Å². The molecule has 1 heterocycles. The van der Waals surface area contributed by atoms with Crippen LogP contribution in [0.2, 0.25) is 0 Å². The number of carbonyl (C=O) groups is 2. The monoisotopic (exact) mass is 401 g/mol. The van der Waals surface area contributed by atoms with Gasteiger partial charge in [-0.3, -0.25) is 9.59 Å². The third kappa shape index (κ3) is 3.62. The molecule has 0 bridgehead atoms. The van der Waals surface area contributed by atoms with Crippen molar-refractivity contribution in [1.29, 1.82) is 0 Å². The van der Waals surface area contributed by atoms with Crippen LogP contribution in [0.3, 0.4) is 0 Å². The number of rotatable bonds is 6. The van der Waals surface area contributed by atoms with Crippen LogP contribution in [0.4, 0.5) is 5.13 Å². The van der Waals surface area contributed by atoms with E-state index in [2.05, 4.69) is 10.3 Å². The Morgan fingerprint density at radius 1 is 0.862 bits per heavy atom. The van der Waals surface area contributed by atoms with Gasteiger partial charge in [-0.15, -0.1) is 0 Å². The Morgan fingerprint density at radius 3 is 1.97 bits per heavy atom. The predicted molar refractivity (Wildman–Crippen MR) is 116 cm³/mol. The summed E-state index contributed by atoms with van der Waals surface area (Å²) in [7, 11) is 0. The second kappa shape index (κ2) is 7.85. The van der Waals surface area contributed by atoms with E-state index < -0.39 is 11.3 Å². The molecule has 0 aliphatic carbocycles. The van der Waals surface area contributed by atoms with E-state index in [1.54, 1.807) is 0 Å². The van der Waals surface area contributed by atoms with Crippen molar-refractivity contribution < 1.29 is 9.59 Å². The molecule has 0 saturated carbocycles. The second-order valence-electron chi connectivity index (χ2n) is 6.71. The molecule has 4 rings (SSSR count). The number of aromatic nitrogens is 1. The standard InChI is InChI=1S/C23H19N3O2S/c24-21(28)23(16-9-3-1-4-10-16,17-11-5-2-6-12-17)15-20(27)26-22-25-18-13-7-8-14-19(18)29-22/h1-14H,15H2,(H2,24,28)(H,25,26,27). The highest BCUT2D eigenvalue weighted by Crippen LogP contribution is 2.36. The van der Waals surface area contributed by atoms with Gasteiger partial charge in [0.15, 0.2) is 5.13 Å². The minimum Gasteiger partial charge on any atom is -0.369 e. The number of hydrogen-bond donors (Lipinski definition) is 2. The summed E-state index contributed by atoms with van der Waals surface area (Å²) in [5.74, 6) is -0.898. The number of benzene rings is 3. The molecule has 1 aromatic heterocycles. The molecular formula is C23H19N3O2S. The summed E-state index contributed by atoms with van der Waals surface area (Å²) in [6, 6.07) is 26.0. The summed E-state index contributed by atoms with van der Waals surface area (Å²) in [5.41, 5.74) is 6.81. The lowest BCUT2D eigenvalue weighted by molar-refractivity contribution is -0.126. The van der Waals surface area contributed by atoms with Crippen LogP contribution in [0, 0.1) is 0 Å². The minimum absolute atomic E-state index is 0.119. The van der Waals surface area contributed by atoms with Gasteiger partial charge in [-0.05, 0) is 23.3 Å². The van der Waals surface area contributed by atoms with Gasteiger partial charge in [0, 0.05) is 6.42 Å². The van der Waals surface area contributed by atoms with E-state index in [0.29, 0.717) is 16.3 Å². The van der Waals surface area contributed by atoms with E-state index in [9.17, 15) is 9.59 Å². The van der Waals surface area contributed by atoms with Crippen molar-refractivity contribution in [2.24, 2.45) is 5.73 Å². The maximum atomic E-state index is 13.0. The number of anilines is 1. The smallest absolute Gasteiger partial charge is 0.233 e. The fraction of sp³-hybridized carbons (Fsp3) is 0.0870. The molecule has 0 saturated heterocycles. The van der Waals surface area contributed by atoms with E-state index >= 15 is 0 Å². The number of fused-ring (bicyclic) bond motifs is 1. The van der Waals surface area contributed by atoms with E-state index in [1.165, 1.54) is 11.3 Å². The number of amides is 2. The molecule has 5 nitrogen and oxygen atoms in total. The van der Waals surface area contributed by atoms with Gasteiger partial charge < -0.3 is 11.1 Å². The lowest BCUT2D eigenvalue weighted by Gasteiger charge is -2.31. The molecule has 144 valence electrons. The van der Waals surface area contributed by atoms with Gasteiger partial charge in [0.05, 0.1) is 10.2 Å². The molecule has 29 heavy (non-hydrogen) atoms. The molecule has 3 aromatic carbocycles. The third-order valence-electron chi connectivity index (χ3n) is 4.92. The van der Waals surface area contributed by atoms with Crippen LogP contribution in [-0.2, 0) is 15.0 Å². The molecule has 2 amide bonds. The molecule has 0 radical (unpaired) electrons. The topological polar surface area (TPSA) is 85.1 Å². The highest BCUT2D eigenvalue weighted by Gasteiger charge is 2.42. The predicted octanol–water partition coefficient (Wildman–Crippen LogP) is 4.10. The maximum Gasteiger partial charge on any atom is 0.233 e. The van der Waals surface area contributed by atoms with Gasteiger partial charge in [0.2, 0.25) is 11.8 Å². The quantitative estimate of drug-likeness (QED) is 0.510. The molecule has 0 fully saturated rings. The highest BCUT2D eigenvalue weighted by molar-refractivity contribution is 7.22. The number of nitrogens with two attached hydrogens (primary N) is 1. The molecule has 0 spiro atoms. The summed E-state index contributed by atoms with van der Waals surface area (Å²) >= 11 is 1.39. The Labute approximate surface area is 172 Å². The van der Waals surface area contributed by atoms with Crippen molar-refractivity contribution >= 4 is 38.5 Å². The first kappa shape index (κ1) is 18.8. The lowest BCUT2D eigenvalue weighted by atomic mass is 9.71. The van der Waals surface area contributed by atoms with Crippen molar-refractivity contribution in [3.05, 3.63) is 96.1 Å². The zero-order chi connectivity index (χ0) is 20.3. The van der Waals surface area contributed by atoms with Crippen molar-refractivity contribution in [2.45, 2.75) is 11.8 Å². The zero-order valence-electron chi connectivity index (χ0n) is 15.5. The number of thiazole rings is 1. The Bertz CT molecular complexity index is 1080. The summed E-state index contributed by atoms with van der Waals surface area (Å²) in [6.45, 7) is 0. The number of para-hydroxylation sites is 1. The maximum absolute atomic E-state index is 13.0. The minimum atomic E-state index is -1.27. The molecule has 0 unspecified atom stereocenters. The van der Waals surface area contributed by atoms with Gasteiger partial charge in [-0.1, -0.05) is 84.1 Å². The van der Waals surface area contributed by atoms with Gasteiger partial charge in [-0.25, -0.2) is 4.98 Å². The van der Waals surface area contributed by atoms with Crippen LogP contribution in [-0.4, -0.2) is 16.8 Å². The van der Waals surface area contributed by atoms with Crippen LogP contribution in [0.25, 0.3) is 10.2 Å². The van der Waals surface area contributed by atoms with E-state index in [1.807, 2.05) is 84.9 Å². The van der Waals surface area contributed by atoms with Crippen LogP contribution in [0.1, 0.15) is 17.5 Å². The second-order valence-corrected chi connectivity index (χ2v) is 7.74. The number of nitrogens with zero attached hydrogens (tertiary/aromatic N) is 1. The summed E-state index contributed by atoms with van der Waals surface area (Å²) in [5, 5.41) is 3.34. The summed E-state index contributed by atoms with van der Waals surface area (Å²) < 4.78 is 0.982. The third-order valence-corrected chi connectivity index (χ3v) is 5.87. The summed E-state index contributed by atoms with van der Waals surface area (Å²) in [6.07, 6.45) is -0.119. The van der Waals surface area contributed by atoms with Gasteiger partial charge in [0.25, 0.3) is 0 Å². The molecule has 4 aromatic rings. The lowest BCUT2D eigenvalue weighted by Crippen LogP contribution is -2.45. The SMILES string of the molecule is NC(=O)C(CC(=O)Nc1nc2ccccc2s1)(c1ccccc1)c1ccccc1. The van der Waals surface area contributed by atoms with Gasteiger partial charge >= 0.3 is 0 Å². The number of carbonyl (C=O) groups excluding carboxylic acids is 2. The fourth-order valence-electron chi connectivity index (χ4n) is 3.52. The van der Waals surface area contributed by atoms with Crippen molar-refractivity contribution in [3.8, 4) is 0 Å². The van der Waals surface area contributed by atoms with Crippen LogP contribution >= 0.6 is 11.3 Å². The van der Waals surface area contributed by atoms with Crippen LogP contribution in [0.5, 0.6) is 0 Å². The molecular weight excluding hydrogens is 382 g/mol. The van der Waals surface area contributed by atoms with Gasteiger partial charge in [0.1, 0.15) is 5.41 Å². The molecule has 6 heteroatoms. The van der Waals surface area contributed by atoms with Crippen molar-refractivity contribution in [2.75, 3.05) is 5.32 Å². The summed E-state index contributed by atoms with van der Waals surface area (Å²) in [4.78, 5) is 30.2. The Morgan fingerprint density at radius 2 is 1.41 bits per heavy atom. The van der Waals surface area contributed by atoms with E-state index in [4.69, 9.17) is 5.73 Å². The highest BCUT2D eigenvalue weighted by atomic mass is 32.1. The van der Waals surface area contributed by atoms with Crippen LogP contribution < -0.4 is 11.1 Å². The van der Waals surface area contributed by atoms with Gasteiger partial charge in [-0.2, -0.15) is 0 Å². The molecule has 0 aliphatic heterocycles. The zero-order valence-corrected chi connectivity index (χ0v) is 16.4. The average molecular weight is 401 g/mol. The first-order valence-electron chi connectivity index (χ1n) is 9.16.